The lowest BCUT2D eigenvalue weighted by molar-refractivity contribution is -0.120. The van der Waals surface area contributed by atoms with Gasteiger partial charge in [-0.3, -0.25) is 10.1 Å². The molecule has 0 fully saturated rings. The number of aromatic nitrogens is 2. The number of rotatable bonds is 4. The van der Waals surface area contributed by atoms with E-state index in [-0.39, 0.29) is 23.2 Å². The molecule has 1 aromatic heterocycles. The van der Waals surface area contributed by atoms with Crippen LogP contribution in [0.5, 0.6) is 0 Å². The molecule has 0 radical (unpaired) electrons. The van der Waals surface area contributed by atoms with Gasteiger partial charge >= 0.3 is 0 Å². The molecule has 1 unspecified atom stereocenters. The van der Waals surface area contributed by atoms with Crippen LogP contribution in [0.4, 0.5) is 5.95 Å². The highest BCUT2D eigenvalue weighted by molar-refractivity contribution is 6.29. The van der Waals surface area contributed by atoms with Crippen LogP contribution in [-0.2, 0) is 4.79 Å². The molecule has 3 N–H and O–H groups in total. The number of nitrogens with zero attached hydrogens (tertiary/aromatic N) is 2. The number of amides is 1. The van der Waals surface area contributed by atoms with Gasteiger partial charge in [-0.1, -0.05) is 32.4 Å². The smallest absolute Gasteiger partial charge is 0.231 e. The third-order valence-electron chi connectivity index (χ3n) is 2.37. The van der Waals surface area contributed by atoms with Crippen LogP contribution in [0.15, 0.2) is 12.3 Å². The summed E-state index contributed by atoms with van der Waals surface area (Å²) in [5.41, 5.74) is 5.67. The molecule has 0 spiro atoms. The van der Waals surface area contributed by atoms with Crippen molar-refractivity contribution in [1.29, 1.82) is 0 Å². The summed E-state index contributed by atoms with van der Waals surface area (Å²) in [6.45, 7) is 6.50. The van der Waals surface area contributed by atoms with Gasteiger partial charge in [-0.25, -0.2) is 9.97 Å². The molecule has 18 heavy (non-hydrogen) atoms. The third-order valence-corrected chi connectivity index (χ3v) is 2.58. The van der Waals surface area contributed by atoms with Gasteiger partial charge in [-0.2, -0.15) is 0 Å². The number of nitrogens with one attached hydrogen (secondary N) is 1. The second-order valence-corrected chi connectivity index (χ2v) is 5.78. The van der Waals surface area contributed by atoms with E-state index >= 15 is 0 Å². The molecule has 0 aliphatic rings. The normalized spacial score (nSPS) is 13.2. The molecule has 0 saturated heterocycles. The van der Waals surface area contributed by atoms with Crippen LogP contribution in [0.1, 0.15) is 27.2 Å². The first kappa shape index (κ1) is 14.9. The van der Waals surface area contributed by atoms with Crippen molar-refractivity contribution in [3.63, 3.8) is 0 Å². The van der Waals surface area contributed by atoms with Crippen LogP contribution in [0, 0.1) is 11.3 Å². The SMILES string of the molecule is CC(C)(C)CC(CN)C(=O)Nc1nccc(Cl)n1. The van der Waals surface area contributed by atoms with Crippen molar-refractivity contribution in [2.24, 2.45) is 17.1 Å². The van der Waals surface area contributed by atoms with E-state index in [0.717, 1.165) is 0 Å². The Morgan fingerprint density at radius 3 is 2.72 bits per heavy atom. The zero-order chi connectivity index (χ0) is 13.8. The third kappa shape index (κ3) is 4.98. The number of carbonyl (C=O) groups excluding carboxylic acids is 1. The monoisotopic (exact) mass is 270 g/mol. The first-order valence-electron chi connectivity index (χ1n) is 5.81. The number of hydrogen-bond donors (Lipinski definition) is 2. The summed E-state index contributed by atoms with van der Waals surface area (Å²) < 4.78 is 0. The van der Waals surface area contributed by atoms with Gasteiger partial charge in [0.15, 0.2) is 0 Å². The number of halogens is 1. The molecule has 0 aliphatic heterocycles. The summed E-state index contributed by atoms with van der Waals surface area (Å²) >= 11 is 5.72. The lowest BCUT2D eigenvalue weighted by atomic mass is 9.84. The predicted molar refractivity (Wildman–Crippen MR) is 72.3 cm³/mol. The fourth-order valence-corrected chi connectivity index (χ4v) is 1.77. The Bertz CT molecular complexity index is 417. The molecule has 1 rings (SSSR count). The summed E-state index contributed by atoms with van der Waals surface area (Å²) in [7, 11) is 0. The van der Waals surface area contributed by atoms with Crippen LogP contribution in [-0.4, -0.2) is 22.4 Å². The van der Waals surface area contributed by atoms with E-state index in [9.17, 15) is 4.79 Å². The van der Waals surface area contributed by atoms with Crippen molar-refractivity contribution in [3.05, 3.63) is 17.4 Å². The maximum absolute atomic E-state index is 12.0. The van der Waals surface area contributed by atoms with Crippen molar-refractivity contribution >= 4 is 23.5 Å². The highest BCUT2D eigenvalue weighted by Crippen LogP contribution is 2.24. The fourth-order valence-electron chi connectivity index (χ4n) is 1.63. The Balaban J connectivity index is 2.68. The second kappa shape index (κ2) is 6.11. The average molecular weight is 271 g/mol. The maximum Gasteiger partial charge on any atom is 0.231 e. The summed E-state index contributed by atoms with van der Waals surface area (Å²) in [6, 6.07) is 1.55. The number of anilines is 1. The highest BCUT2D eigenvalue weighted by atomic mass is 35.5. The van der Waals surface area contributed by atoms with Gasteiger partial charge in [-0.15, -0.1) is 0 Å². The van der Waals surface area contributed by atoms with Crippen LogP contribution in [0.2, 0.25) is 5.15 Å². The highest BCUT2D eigenvalue weighted by Gasteiger charge is 2.24. The first-order chi connectivity index (χ1) is 8.31. The van der Waals surface area contributed by atoms with Gasteiger partial charge in [0.05, 0.1) is 5.92 Å². The van der Waals surface area contributed by atoms with E-state index in [1.54, 1.807) is 6.07 Å². The minimum absolute atomic E-state index is 0.0383. The molecular weight excluding hydrogens is 252 g/mol. The van der Waals surface area contributed by atoms with E-state index in [4.69, 9.17) is 17.3 Å². The molecule has 0 aliphatic carbocycles. The van der Waals surface area contributed by atoms with Crippen LogP contribution in [0.25, 0.3) is 0 Å². The van der Waals surface area contributed by atoms with Gasteiger partial charge in [-0.05, 0) is 17.9 Å². The standard InChI is InChI=1S/C12H19ClN4O/c1-12(2,3)6-8(7-14)10(18)17-11-15-5-4-9(13)16-11/h4-5,8H,6-7,14H2,1-3H3,(H,15,16,17,18). The van der Waals surface area contributed by atoms with Gasteiger partial charge in [0.2, 0.25) is 11.9 Å². The Morgan fingerprint density at radius 2 is 2.22 bits per heavy atom. The zero-order valence-corrected chi connectivity index (χ0v) is 11.7. The Morgan fingerprint density at radius 1 is 1.56 bits per heavy atom. The lowest BCUT2D eigenvalue weighted by Crippen LogP contribution is -2.33. The Hall–Kier alpha value is -1.20. The van der Waals surface area contributed by atoms with Crippen molar-refractivity contribution in [3.8, 4) is 0 Å². The average Bonchev–Trinajstić information content (AvgIpc) is 2.24. The van der Waals surface area contributed by atoms with E-state index in [2.05, 4.69) is 36.1 Å². The zero-order valence-electron chi connectivity index (χ0n) is 10.9. The van der Waals surface area contributed by atoms with E-state index in [1.165, 1.54) is 6.20 Å². The molecule has 0 bridgehead atoms. The van der Waals surface area contributed by atoms with Gasteiger partial charge in [0.1, 0.15) is 5.15 Å². The number of nitrogens with two attached hydrogens (primary N) is 1. The molecule has 1 aromatic rings. The van der Waals surface area contributed by atoms with E-state index in [0.29, 0.717) is 18.1 Å². The lowest BCUT2D eigenvalue weighted by Gasteiger charge is -2.24. The van der Waals surface area contributed by atoms with Crippen molar-refractivity contribution < 1.29 is 4.79 Å². The molecule has 1 amide bonds. The van der Waals surface area contributed by atoms with Crippen LogP contribution >= 0.6 is 11.6 Å². The minimum atomic E-state index is -0.257. The summed E-state index contributed by atoms with van der Waals surface area (Å²) in [5, 5.41) is 2.92. The van der Waals surface area contributed by atoms with Crippen molar-refractivity contribution in [2.75, 3.05) is 11.9 Å². The molecular formula is C12H19ClN4O. The minimum Gasteiger partial charge on any atom is -0.330 e. The first-order valence-corrected chi connectivity index (χ1v) is 6.19. The van der Waals surface area contributed by atoms with E-state index in [1.807, 2.05) is 0 Å². The van der Waals surface area contributed by atoms with Crippen molar-refractivity contribution in [2.45, 2.75) is 27.2 Å². The molecule has 1 atom stereocenters. The quantitative estimate of drug-likeness (QED) is 0.821. The van der Waals surface area contributed by atoms with Crippen LogP contribution < -0.4 is 11.1 Å². The summed E-state index contributed by atoms with van der Waals surface area (Å²) in [4.78, 5) is 19.9. The Kier molecular flexibility index (Phi) is 5.04. The summed E-state index contributed by atoms with van der Waals surface area (Å²) in [5.74, 6) is -0.220. The Labute approximate surface area is 112 Å². The molecule has 6 heteroatoms. The maximum atomic E-state index is 12.0. The van der Waals surface area contributed by atoms with Gasteiger partial charge in [0, 0.05) is 12.7 Å². The number of carbonyl (C=O) groups is 1. The van der Waals surface area contributed by atoms with Crippen molar-refractivity contribution in [1.82, 2.24) is 9.97 Å². The second-order valence-electron chi connectivity index (χ2n) is 5.39. The fraction of sp³-hybridized carbons (Fsp3) is 0.583. The molecule has 5 nitrogen and oxygen atoms in total. The number of hydrogen-bond acceptors (Lipinski definition) is 4. The van der Waals surface area contributed by atoms with Gasteiger partial charge < -0.3 is 5.73 Å². The summed E-state index contributed by atoms with van der Waals surface area (Å²) in [6.07, 6.45) is 2.20. The van der Waals surface area contributed by atoms with Crippen LogP contribution in [0.3, 0.4) is 0 Å². The molecule has 100 valence electrons. The molecule has 0 saturated carbocycles. The van der Waals surface area contributed by atoms with Gasteiger partial charge in [0.25, 0.3) is 0 Å². The molecule has 0 aromatic carbocycles. The van der Waals surface area contributed by atoms with E-state index < -0.39 is 0 Å². The predicted octanol–water partition coefficient (Wildman–Crippen LogP) is 2.08. The topological polar surface area (TPSA) is 80.9 Å². The molecule has 1 heterocycles. The largest absolute Gasteiger partial charge is 0.330 e.